The highest BCUT2D eigenvalue weighted by Crippen LogP contribution is 2.26. The van der Waals surface area contributed by atoms with Crippen molar-refractivity contribution in [1.82, 2.24) is 15.5 Å². The molecule has 1 saturated heterocycles. The Bertz CT molecular complexity index is 428. The number of nitrogens with one attached hydrogen (secondary N) is 2. The van der Waals surface area contributed by atoms with Crippen LogP contribution in [-0.2, 0) is 14.3 Å². The summed E-state index contributed by atoms with van der Waals surface area (Å²) in [4.78, 5) is 36.4. The van der Waals surface area contributed by atoms with Gasteiger partial charge in [-0.05, 0) is 19.3 Å². The second-order valence-electron chi connectivity index (χ2n) is 5.39. The molecule has 3 N–H and O–H groups in total. The van der Waals surface area contributed by atoms with Gasteiger partial charge < -0.3 is 25.4 Å². The summed E-state index contributed by atoms with van der Waals surface area (Å²) in [6.07, 6.45) is 1.66. The van der Waals surface area contributed by atoms with E-state index >= 15 is 0 Å². The number of morpholine rings is 1. The van der Waals surface area contributed by atoms with Crippen molar-refractivity contribution in [3.8, 4) is 0 Å². The van der Waals surface area contributed by atoms with Crippen molar-refractivity contribution in [3.05, 3.63) is 0 Å². The monoisotopic (exact) mass is 299 g/mol. The number of carboxylic acids is 1. The summed E-state index contributed by atoms with van der Waals surface area (Å²) >= 11 is 0. The molecular formula is C13H21N3O5. The van der Waals surface area contributed by atoms with Crippen LogP contribution < -0.4 is 10.6 Å². The van der Waals surface area contributed by atoms with E-state index in [4.69, 9.17) is 9.84 Å². The van der Waals surface area contributed by atoms with Gasteiger partial charge in [0.2, 0.25) is 5.91 Å². The van der Waals surface area contributed by atoms with Gasteiger partial charge in [-0.3, -0.25) is 9.59 Å². The third-order valence-corrected chi connectivity index (χ3v) is 4.05. The smallest absolute Gasteiger partial charge is 0.318 e. The number of amides is 3. The van der Waals surface area contributed by atoms with Gasteiger partial charge >= 0.3 is 12.0 Å². The number of aliphatic carboxylic acids is 1. The molecule has 1 aliphatic carbocycles. The fourth-order valence-electron chi connectivity index (χ4n) is 2.83. The lowest BCUT2D eigenvalue weighted by molar-refractivity contribution is -0.141. The van der Waals surface area contributed by atoms with Crippen LogP contribution in [0.5, 0.6) is 0 Å². The summed E-state index contributed by atoms with van der Waals surface area (Å²) in [5.41, 5.74) is 0. The van der Waals surface area contributed by atoms with Gasteiger partial charge in [0, 0.05) is 19.6 Å². The first-order valence-corrected chi connectivity index (χ1v) is 7.12. The van der Waals surface area contributed by atoms with Gasteiger partial charge in [-0.15, -0.1) is 0 Å². The molecule has 118 valence electrons. The fourth-order valence-corrected chi connectivity index (χ4v) is 2.83. The fraction of sp³-hybridized carbons (Fsp3) is 0.769. The Balaban J connectivity index is 1.92. The second-order valence-corrected chi connectivity index (χ2v) is 5.39. The third-order valence-electron chi connectivity index (χ3n) is 4.05. The molecule has 3 amide bonds. The lowest BCUT2D eigenvalue weighted by Gasteiger charge is -2.35. The molecule has 0 aromatic heterocycles. The van der Waals surface area contributed by atoms with Crippen molar-refractivity contribution in [2.75, 3.05) is 26.8 Å². The molecular weight excluding hydrogens is 278 g/mol. The van der Waals surface area contributed by atoms with E-state index in [1.807, 2.05) is 0 Å². The zero-order chi connectivity index (χ0) is 15.4. The molecule has 2 fully saturated rings. The molecule has 0 radical (unpaired) electrons. The number of carbonyl (C=O) groups excluding carboxylic acids is 2. The molecule has 21 heavy (non-hydrogen) atoms. The maximum absolute atomic E-state index is 12.3. The van der Waals surface area contributed by atoms with Crippen LogP contribution in [0.3, 0.4) is 0 Å². The SMILES string of the molecule is CNC(=O)C1COCCN1C(=O)NC1CCC(C(=O)O)C1. The molecule has 8 heteroatoms. The van der Waals surface area contributed by atoms with Gasteiger partial charge in [-0.25, -0.2) is 4.79 Å². The van der Waals surface area contributed by atoms with Crippen LogP contribution in [0.2, 0.25) is 0 Å². The Morgan fingerprint density at radius 1 is 1.29 bits per heavy atom. The Kier molecular flexibility index (Phi) is 5.00. The van der Waals surface area contributed by atoms with Crippen molar-refractivity contribution in [3.63, 3.8) is 0 Å². The zero-order valence-electron chi connectivity index (χ0n) is 12.0. The van der Waals surface area contributed by atoms with Crippen molar-refractivity contribution < 1.29 is 24.2 Å². The Labute approximate surface area is 122 Å². The third kappa shape index (κ3) is 3.63. The number of urea groups is 1. The molecule has 3 unspecified atom stereocenters. The van der Waals surface area contributed by atoms with Crippen LogP contribution >= 0.6 is 0 Å². The van der Waals surface area contributed by atoms with Gasteiger partial charge in [0.05, 0.1) is 19.1 Å². The van der Waals surface area contributed by atoms with Crippen molar-refractivity contribution >= 4 is 17.9 Å². The van der Waals surface area contributed by atoms with Crippen LogP contribution in [0.1, 0.15) is 19.3 Å². The van der Waals surface area contributed by atoms with Gasteiger partial charge in [0.1, 0.15) is 6.04 Å². The van der Waals surface area contributed by atoms with E-state index in [0.29, 0.717) is 32.4 Å². The van der Waals surface area contributed by atoms with Gasteiger partial charge in [0.25, 0.3) is 0 Å². The van der Waals surface area contributed by atoms with E-state index in [1.165, 1.54) is 11.9 Å². The highest BCUT2D eigenvalue weighted by Gasteiger charge is 2.35. The normalized spacial score (nSPS) is 29.0. The molecule has 3 atom stereocenters. The maximum Gasteiger partial charge on any atom is 0.318 e. The summed E-state index contributed by atoms with van der Waals surface area (Å²) in [5, 5.41) is 14.3. The predicted molar refractivity (Wildman–Crippen MR) is 72.7 cm³/mol. The molecule has 0 aromatic carbocycles. The van der Waals surface area contributed by atoms with E-state index in [-0.39, 0.29) is 24.6 Å². The number of rotatable bonds is 3. The Morgan fingerprint density at radius 2 is 2.05 bits per heavy atom. The lowest BCUT2D eigenvalue weighted by atomic mass is 10.1. The van der Waals surface area contributed by atoms with E-state index in [0.717, 1.165) is 0 Å². The average molecular weight is 299 g/mol. The Hall–Kier alpha value is -1.83. The summed E-state index contributed by atoms with van der Waals surface area (Å²) in [6, 6.07) is -1.12. The average Bonchev–Trinajstić information content (AvgIpc) is 2.95. The standard InChI is InChI=1S/C13H21N3O5/c1-14-11(17)10-7-21-5-4-16(10)13(20)15-9-3-2-8(6-9)12(18)19/h8-10H,2-7H2,1H3,(H,14,17)(H,15,20)(H,18,19). The zero-order valence-corrected chi connectivity index (χ0v) is 12.0. The number of hydrogen-bond donors (Lipinski definition) is 3. The highest BCUT2D eigenvalue weighted by atomic mass is 16.5. The first kappa shape index (κ1) is 15.6. The number of carbonyl (C=O) groups is 3. The van der Waals surface area contributed by atoms with Crippen LogP contribution in [-0.4, -0.2) is 66.8 Å². The molecule has 1 aliphatic heterocycles. The maximum atomic E-state index is 12.3. The summed E-state index contributed by atoms with van der Waals surface area (Å²) in [5.74, 6) is -1.48. The molecule has 0 bridgehead atoms. The van der Waals surface area contributed by atoms with E-state index in [2.05, 4.69) is 10.6 Å². The van der Waals surface area contributed by atoms with Crippen LogP contribution in [0.15, 0.2) is 0 Å². The number of likely N-dealkylation sites (N-methyl/N-ethyl adjacent to an activating group) is 1. The van der Waals surface area contributed by atoms with Crippen LogP contribution in [0, 0.1) is 5.92 Å². The first-order valence-electron chi connectivity index (χ1n) is 7.12. The van der Waals surface area contributed by atoms with Gasteiger partial charge in [0.15, 0.2) is 0 Å². The molecule has 1 heterocycles. The largest absolute Gasteiger partial charge is 0.481 e. The minimum atomic E-state index is -0.818. The topological polar surface area (TPSA) is 108 Å². The number of nitrogens with zero attached hydrogens (tertiary/aromatic N) is 1. The molecule has 0 spiro atoms. The van der Waals surface area contributed by atoms with E-state index < -0.39 is 17.9 Å². The van der Waals surface area contributed by atoms with E-state index in [9.17, 15) is 14.4 Å². The lowest BCUT2D eigenvalue weighted by Crippen LogP contribution is -2.58. The van der Waals surface area contributed by atoms with Crippen LogP contribution in [0.25, 0.3) is 0 Å². The quantitative estimate of drug-likeness (QED) is 0.644. The first-order chi connectivity index (χ1) is 10.0. The molecule has 2 aliphatic rings. The highest BCUT2D eigenvalue weighted by molar-refractivity contribution is 5.87. The second kappa shape index (κ2) is 6.75. The van der Waals surface area contributed by atoms with Crippen molar-refractivity contribution in [1.29, 1.82) is 0 Å². The predicted octanol–water partition coefficient (Wildman–Crippen LogP) is -0.604. The minimum absolute atomic E-state index is 0.146. The number of carboxylic acid groups (broad SMARTS) is 1. The summed E-state index contributed by atoms with van der Waals surface area (Å²) < 4.78 is 5.24. The van der Waals surface area contributed by atoms with E-state index in [1.54, 1.807) is 0 Å². The minimum Gasteiger partial charge on any atom is -0.481 e. The molecule has 2 rings (SSSR count). The molecule has 0 aromatic rings. The summed E-state index contributed by atoms with van der Waals surface area (Å²) in [6.45, 7) is 0.915. The Morgan fingerprint density at radius 3 is 2.67 bits per heavy atom. The molecule has 8 nitrogen and oxygen atoms in total. The van der Waals surface area contributed by atoms with Gasteiger partial charge in [-0.2, -0.15) is 0 Å². The van der Waals surface area contributed by atoms with Gasteiger partial charge in [-0.1, -0.05) is 0 Å². The summed E-state index contributed by atoms with van der Waals surface area (Å²) in [7, 11) is 1.52. The molecule has 1 saturated carbocycles. The van der Waals surface area contributed by atoms with Crippen molar-refractivity contribution in [2.24, 2.45) is 5.92 Å². The van der Waals surface area contributed by atoms with Crippen molar-refractivity contribution in [2.45, 2.75) is 31.3 Å². The number of hydrogen-bond acceptors (Lipinski definition) is 4. The van der Waals surface area contributed by atoms with Crippen LogP contribution in [0.4, 0.5) is 4.79 Å². The number of ether oxygens (including phenoxy) is 1.